The van der Waals surface area contributed by atoms with Crippen molar-refractivity contribution in [2.45, 2.75) is 0 Å². The fourth-order valence-electron chi connectivity index (χ4n) is 2.12. The van der Waals surface area contributed by atoms with Gasteiger partial charge in [-0.2, -0.15) is 0 Å². The van der Waals surface area contributed by atoms with Crippen molar-refractivity contribution < 1.29 is 0 Å². The van der Waals surface area contributed by atoms with Gasteiger partial charge >= 0.3 is 0 Å². The van der Waals surface area contributed by atoms with Crippen molar-refractivity contribution in [2.24, 2.45) is 4.99 Å². The molecule has 3 aromatic rings. The summed E-state index contributed by atoms with van der Waals surface area (Å²) in [7, 11) is 0. The Balaban J connectivity index is 2.11. The van der Waals surface area contributed by atoms with Gasteiger partial charge in [0.1, 0.15) is 5.82 Å². The van der Waals surface area contributed by atoms with E-state index in [0.717, 1.165) is 16.3 Å². The normalized spacial score (nSPS) is 11.2. The Morgan fingerprint density at radius 3 is 2.67 bits per heavy atom. The third kappa shape index (κ3) is 2.61. The van der Waals surface area contributed by atoms with Gasteiger partial charge in [0.05, 0.1) is 0 Å². The van der Waals surface area contributed by atoms with Crippen LogP contribution in [-0.2, 0) is 0 Å². The van der Waals surface area contributed by atoms with Crippen LogP contribution >= 0.6 is 12.2 Å². The van der Waals surface area contributed by atoms with E-state index in [1.807, 2.05) is 42.5 Å². The maximum atomic E-state index is 11.8. The molecule has 3 rings (SSSR count). The molecule has 0 saturated carbocycles. The van der Waals surface area contributed by atoms with Crippen LogP contribution in [0.1, 0.15) is 5.56 Å². The van der Waals surface area contributed by atoms with Crippen LogP contribution in [0.25, 0.3) is 10.8 Å². The van der Waals surface area contributed by atoms with Gasteiger partial charge in [0.15, 0.2) is 10.5 Å². The van der Waals surface area contributed by atoms with Crippen molar-refractivity contribution in [3.05, 3.63) is 63.2 Å². The lowest BCUT2D eigenvalue weighted by Gasteiger charge is -2.02. The second kappa shape index (κ2) is 5.34. The van der Waals surface area contributed by atoms with Crippen LogP contribution in [0.5, 0.6) is 0 Å². The molecule has 0 saturated heterocycles. The Morgan fingerprint density at radius 1 is 1.10 bits per heavy atom. The van der Waals surface area contributed by atoms with Crippen LogP contribution in [0.2, 0.25) is 0 Å². The minimum Gasteiger partial charge on any atom is -0.383 e. The van der Waals surface area contributed by atoms with Crippen molar-refractivity contribution in [1.82, 2.24) is 9.97 Å². The molecule has 0 aliphatic rings. The summed E-state index contributed by atoms with van der Waals surface area (Å²) < 4.78 is 0.182. The van der Waals surface area contributed by atoms with Crippen molar-refractivity contribution in [2.75, 3.05) is 5.73 Å². The highest BCUT2D eigenvalue weighted by atomic mass is 32.1. The zero-order valence-corrected chi connectivity index (χ0v) is 11.8. The number of rotatable bonds is 2. The zero-order chi connectivity index (χ0) is 14.8. The molecule has 104 valence electrons. The largest absolute Gasteiger partial charge is 0.383 e. The number of aromatic amines is 2. The molecule has 2 aromatic carbocycles. The zero-order valence-electron chi connectivity index (χ0n) is 11.0. The second-order valence-corrected chi connectivity index (χ2v) is 4.91. The molecule has 1 heterocycles. The lowest BCUT2D eigenvalue weighted by atomic mass is 10.1. The molecule has 6 heteroatoms. The van der Waals surface area contributed by atoms with Crippen LogP contribution < -0.4 is 11.3 Å². The minimum absolute atomic E-state index is 0.122. The quantitative estimate of drug-likeness (QED) is 0.502. The van der Waals surface area contributed by atoms with Crippen molar-refractivity contribution in [3.63, 3.8) is 0 Å². The summed E-state index contributed by atoms with van der Waals surface area (Å²) in [6.07, 6.45) is 1.63. The highest BCUT2D eigenvalue weighted by Crippen LogP contribution is 2.18. The predicted octanol–water partition coefficient (Wildman–Crippen LogP) is 2.92. The Labute approximate surface area is 125 Å². The first-order chi connectivity index (χ1) is 10.1. The summed E-state index contributed by atoms with van der Waals surface area (Å²) in [5, 5.41) is 2.17. The Kier molecular flexibility index (Phi) is 3.37. The summed E-state index contributed by atoms with van der Waals surface area (Å²) in [6, 6.07) is 13.9. The average molecular weight is 296 g/mol. The van der Waals surface area contributed by atoms with Gasteiger partial charge in [-0.3, -0.25) is 9.78 Å². The number of benzene rings is 2. The van der Waals surface area contributed by atoms with E-state index in [4.69, 9.17) is 18.0 Å². The lowest BCUT2D eigenvalue weighted by Crippen LogP contribution is -2.10. The minimum atomic E-state index is -0.410. The molecule has 0 bridgehead atoms. The first-order valence-corrected chi connectivity index (χ1v) is 6.70. The number of fused-ring (bicyclic) bond motifs is 1. The number of hydrogen-bond donors (Lipinski definition) is 3. The van der Waals surface area contributed by atoms with Crippen LogP contribution in [-0.4, -0.2) is 16.2 Å². The van der Waals surface area contributed by atoms with E-state index in [-0.39, 0.29) is 16.3 Å². The third-order valence-electron chi connectivity index (χ3n) is 3.10. The first kappa shape index (κ1) is 13.3. The topological polar surface area (TPSA) is 87.0 Å². The summed E-state index contributed by atoms with van der Waals surface area (Å²) in [6.45, 7) is 0. The molecule has 0 spiro atoms. The van der Waals surface area contributed by atoms with E-state index in [2.05, 4.69) is 15.0 Å². The van der Waals surface area contributed by atoms with Crippen LogP contribution in [0.3, 0.4) is 0 Å². The number of nitrogens with two attached hydrogens (primary N) is 1. The maximum absolute atomic E-state index is 11.8. The summed E-state index contributed by atoms with van der Waals surface area (Å²) >= 11 is 4.84. The molecule has 21 heavy (non-hydrogen) atoms. The van der Waals surface area contributed by atoms with E-state index in [1.54, 1.807) is 6.21 Å². The van der Waals surface area contributed by atoms with E-state index < -0.39 is 5.56 Å². The van der Waals surface area contributed by atoms with Crippen LogP contribution in [0, 0.1) is 4.77 Å². The number of hydrogen-bond acceptors (Lipinski definition) is 4. The van der Waals surface area contributed by atoms with Gasteiger partial charge in [-0.25, -0.2) is 4.99 Å². The maximum Gasteiger partial charge on any atom is 0.279 e. The van der Waals surface area contributed by atoms with Crippen molar-refractivity contribution in [1.29, 1.82) is 0 Å². The van der Waals surface area contributed by atoms with Crippen LogP contribution in [0.15, 0.2) is 52.3 Å². The van der Waals surface area contributed by atoms with Gasteiger partial charge in [0, 0.05) is 11.8 Å². The van der Waals surface area contributed by atoms with Gasteiger partial charge in [-0.1, -0.05) is 42.5 Å². The number of nitrogen functional groups attached to an aromatic ring is 1. The fraction of sp³-hybridized carbons (Fsp3) is 0. The molecule has 1 aromatic heterocycles. The third-order valence-corrected chi connectivity index (χ3v) is 3.31. The molecule has 0 aliphatic heterocycles. The number of H-pyrrole nitrogens is 2. The first-order valence-electron chi connectivity index (χ1n) is 6.29. The molecule has 0 amide bonds. The monoisotopic (exact) mass is 296 g/mol. The molecule has 4 N–H and O–H groups in total. The summed E-state index contributed by atoms with van der Waals surface area (Å²) in [5.74, 6) is 0.153. The SMILES string of the molecule is Nc1[nH]c(=S)[nH]c(=O)c1N=Cc1cccc2ccccc12. The number of aromatic nitrogens is 2. The van der Waals surface area contributed by atoms with Gasteiger partial charge in [0.25, 0.3) is 5.56 Å². The second-order valence-electron chi connectivity index (χ2n) is 4.50. The van der Waals surface area contributed by atoms with Crippen molar-refractivity contribution >= 4 is 40.7 Å². The van der Waals surface area contributed by atoms with Gasteiger partial charge in [-0.05, 0) is 23.0 Å². The number of anilines is 1. The fourth-order valence-corrected chi connectivity index (χ4v) is 2.33. The highest BCUT2D eigenvalue weighted by molar-refractivity contribution is 7.71. The van der Waals surface area contributed by atoms with E-state index in [0.29, 0.717) is 0 Å². The van der Waals surface area contributed by atoms with E-state index >= 15 is 0 Å². The molecular weight excluding hydrogens is 284 g/mol. The molecule has 0 aliphatic carbocycles. The standard InChI is InChI=1S/C15H12N4OS/c16-13-12(14(20)19-15(21)18-13)17-8-10-6-3-5-9-4-1-2-7-11(9)10/h1-8H,(H4,16,18,19,20,21). The molecule has 5 nitrogen and oxygen atoms in total. The summed E-state index contributed by atoms with van der Waals surface area (Å²) in [5.41, 5.74) is 6.37. The molecular formula is C15H12N4OS. The Morgan fingerprint density at radius 2 is 1.86 bits per heavy atom. The van der Waals surface area contributed by atoms with Gasteiger partial charge in [0.2, 0.25) is 0 Å². The van der Waals surface area contributed by atoms with E-state index in [1.165, 1.54) is 0 Å². The highest BCUT2D eigenvalue weighted by Gasteiger charge is 2.03. The number of aliphatic imine (C=N–C) groups is 1. The number of nitrogens with one attached hydrogen (secondary N) is 2. The van der Waals surface area contributed by atoms with Gasteiger partial charge in [-0.15, -0.1) is 0 Å². The molecule has 0 fully saturated rings. The molecule has 0 unspecified atom stereocenters. The predicted molar refractivity (Wildman–Crippen MR) is 87.9 cm³/mol. The lowest BCUT2D eigenvalue weighted by molar-refractivity contribution is 1.09. The van der Waals surface area contributed by atoms with E-state index in [9.17, 15) is 4.79 Å². The van der Waals surface area contributed by atoms with Crippen LogP contribution in [0.4, 0.5) is 11.5 Å². The Bertz CT molecular complexity index is 950. The van der Waals surface area contributed by atoms with Crippen molar-refractivity contribution in [3.8, 4) is 0 Å². The smallest absolute Gasteiger partial charge is 0.279 e. The molecule has 0 atom stereocenters. The Hall–Kier alpha value is -2.73. The molecule has 0 radical (unpaired) electrons. The number of nitrogens with zero attached hydrogens (tertiary/aromatic N) is 1. The van der Waals surface area contributed by atoms with Gasteiger partial charge < -0.3 is 10.7 Å². The average Bonchev–Trinajstić information content (AvgIpc) is 2.46. The summed E-state index contributed by atoms with van der Waals surface area (Å²) in [4.78, 5) is 21.1.